The van der Waals surface area contributed by atoms with Gasteiger partial charge in [-0.3, -0.25) is 19.5 Å². The predicted octanol–water partition coefficient (Wildman–Crippen LogP) is 2.52. The number of nitrogens with one attached hydrogen (secondary N) is 1. The van der Waals surface area contributed by atoms with Crippen LogP contribution in [0.1, 0.15) is 12.2 Å². The lowest BCUT2D eigenvalue weighted by Gasteiger charge is -2.13. The van der Waals surface area contributed by atoms with E-state index in [-0.39, 0.29) is 24.8 Å². The van der Waals surface area contributed by atoms with Crippen molar-refractivity contribution in [3.63, 3.8) is 0 Å². The van der Waals surface area contributed by atoms with Gasteiger partial charge in [0.2, 0.25) is 11.8 Å². The molecule has 0 saturated carbocycles. The third-order valence-corrected chi connectivity index (χ3v) is 4.28. The number of amides is 2. The largest absolute Gasteiger partial charge is 0.360 e. The van der Waals surface area contributed by atoms with Crippen LogP contribution in [0.2, 0.25) is 0 Å². The van der Waals surface area contributed by atoms with E-state index in [0.717, 1.165) is 10.9 Å². The van der Waals surface area contributed by atoms with Crippen molar-refractivity contribution in [1.29, 1.82) is 0 Å². The first-order valence-corrected chi connectivity index (χ1v) is 8.00. The third-order valence-electron chi connectivity index (χ3n) is 4.28. The van der Waals surface area contributed by atoms with Crippen molar-refractivity contribution >= 4 is 34.2 Å². The Kier molecular flexibility index (Phi) is 3.68. The molecule has 2 aromatic heterocycles. The van der Waals surface area contributed by atoms with Crippen molar-refractivity contribution in [2.75, 3.05) is 16.8 Å². The molecule has 3 heterocycles. The molecule has 126 valence electrons. The van der Waals surface area contributed by atoms with Crippen LogP contribution in [0.25, 0.3) is 10.9 Å². The second kappa shape index (κ2) is 6.01. The summed E-state index contributed by atoms with van der Waals surface area (Å²) in [5.74, 6) is 0.296. The van der Waals surface area contributed by atoms with Gasteiger partial charge in [0, 0.05) is 30.6 Å². The number of pyridine rings is 1. The Morgan fingerprint density at radius 3 is 2.96 bits per heavy atom. The fourth-order valence-corrected chi connectivity index (χ4v) is 3.02. The van der Waals surface area contributed by atoms with E-state index < -0.39 is 5.92 Å². The zero-order valence-electron chi connectivity index (χ0n) is 13.6. The molecule has 7 heteroatoms. The van der Waals surface area contributed by atoms with Gasteiger partial charge in [-0.2, -0.15) is 0 Å². The van der Waals surface area contributed by atoms with Gasteiger partial charge < -0.3 is 9.84 Å². The first kappa shape index (κ1) is 15.3. The molecule has 1 saturated heterocycles. The average molecular weight is 336 g/mol. The summed E-state index contributed by atoms with van der Waals surface area (Å²) >= 11 is 0. The fraction of sp³-hybridized carbons (Fsp3) is 0.222. The average Bonchev–Trinajstić information content (AvgIpc) is 3.21. The number of aryl methyl sites for hydroxylation is 1. The Morgan fingerprint density at radius 2 is 2.16 bits per heavy atom. The summed E-state index contributed by atoms with van der Waals surface area (Å²) in [7, 11) is 0. The van der Waals surface area contributed by atoms with Crippen LogP contribution in [0.5, 0.6) is 0 Å². The van der Waals surface area contributed by atoms with E-state index in [9.17, 15) is 9.59 Å². The number of benzene rings is 1. The standard InChI is InChI=1S/C18H16N4O3/c1-11-8-15(21-25-11)22-10-13(9-16(22)23)18(24)20-14-6-2-4-12-5-3-7-19-17(12)14/h2-8,13H,9-10H2,1H3,(H,20,24). The van der Waals surface area contributed by atoms with Crippen LogP contribution in [0.3, 0.4) is 0 Å². The number of hydrogen-bond acceptors (Lipinski definition) is 5. The number of rotatable bonds is 3. The maximum atomic E-state index is 12.6. The highest BCUT2D eigenvalue weighted by molar-refractivity contribution is 6.05. The van der Waals surface area contributed by atoms with Gasteiger partial charge in [-0.15, -0.1) is 0 Å². The summed E-state index contributed by atoms with van der Waals surface area (Å²) < 4.78 is 5.01. The Bertz CT molecular complexity index is 960. The number of nitrogens with zero attached hydrogens (tertiary/aromatic N) is 3. The van der Waals surface area contributed by atoms with Crippen LogP contribution in [0.15, 0.2) is 47.1 Å². The lowest BCUT2D eigenvalue weighted by Crippen LogP contribution is -2.28. The van der Waals surface area contributed by atoms with Gasteiger partial charge in [-0.25, -0.2) is 0 Å². The van der Waals surface area contributed by atoms with E-state index in [1.807, 2.05) is 30.3 Å². The van der Waals surface area contributed by atoms with Crippen LogP contribution in [-0.2, 0) is 9.59 Å². The highest BCUT2D eigenvalue weighted by Gasteiger charge is 2.36. The summed E-state index contributed by atoms with van der Waals surface area (Å²) in [4.78, 5) is 30.7. The SMILES string of the molecule is Cc1cc(N2CC(C(=O)Nc3cccc4cccnc34)CC2=O)no1. The van der Waals surface area contributed by atoms with Crippen molar-refractivity contribution in [2.24, 2.45) is 5.92 Å². The van der Waals surface area contributed by atoms with Crippen molar-refractivity contribution in [3.8, 4) is 0 Å². The van der Waals surface area contributed by atoms with E-state index in [4.69, 9.17) is 4.52 Å². The first-order chi connectivity index (χ1) is 12.1. The monoisotopic (exact) mass is 336 g/mol. The molecule has 0 bridgehead atoms. The minimum absolute atomic E-state index is 0.135. The number of para-hydroxylation sites is 1. The summed E-state index contributed by atoms with van der Waals surface area (Å²) in [5, 5.41) is 7.70. The maximum Gasteiger partial charge on any atom is 0.229 e. The van der Waals surface area contributed by atoms with E-state index in [1.54, 1.807) is 19.2 Å². The van der Waals surface area contributed by atoms with Crippen molar-refractivity contribution < 1.29 is 14.1 Å². The molecule has 1 aliphatic heterocycles. The molecular formula is C18H16N4O3. The molecule has 1 aromatic carbocycles. The van der Waals surface area contributed by atoms with Crippen molar-refractivity contribution in [1.82, 2.24) is 10.1 Å². The quantitative estimate of drug-likeness (QED) is 0.794. The number of fused-ring (bicyclic) bond motifs is 1. The Morgan fingerprint density at radius 1 is 1.32 bits per heavy atom. The second-order valence-electron chi connectivity index (χ2n) is 6.07. The molecule has 1 atom stereocenters. The molecular weight excluding hydrogens is 320 g/mol. The van der Waals surface area contributed by atoms with Crippen molar-refractivity contribution in [3.05, 3.63) is 48.4 Å². The highest BCUT2D eigenvalue weighted by atomic mass is 16.5. The Labute approximate surface area is 143 Å². The summed E-state index contributed by atoms with van der Waals surface area (Å²) in [6, 6.07) is 11.1. The van der Waals surface area contributed by atoms with Gasteiger partial charge in [-0.1, -0.05) is 23.4 Å². The van der Waals surface area contributed by atoms with Gasteiger partial charge in [0.25, 0.3) is 0 Å². The number of carbonyl (C=O) groups is 2. The van der Waals surface area contributed by atoms with Crippen LogP contribution in [0, 0.1) is 12.8 Å². The maximum absolute atomic E-state index is 12.6. The summed E-state index contributed by atoms with van der Waals surface area (Å²) in [6.07, 6.45) is 1.83. The number of anilines is 2. The Balaban J connectivity index is 1.53. The molecule has 1 N–H and O–H groups in total. The molecule has 7 nitrogen and oxygen atoms in total. The van der Waals surface area contributed by atoms with Gasteiger partial charge in [0.15, 0.2) is 5.82 Å². The van der Waals surface area contributed by atoms with Gasteiger partial charge in [0.05, 0.1) is 17.1 Å². The zero-order valence-corrected chi connectivity index (χ0v) is 13.6. The van der Waals surface area contributed by atoms with Gasteiger partial charge >= 0.3 is 0 Å². The molecule has 3 aromatic rings. The molecule has 1 unspecified atom stereocenters. The van der Waals surface area contributed by atoms with E-state index in [2.05, 4.69) is 15.5 Å². The molecule has 1 aliphatic rings. The van der Waals surface area contributed by atoms with E-state index in [1.165, 1.54) is 4.90 Å². The van der Waals surface area contributed by atoms with Crippen LogP contribution >= 0.6 is 0 Å². The summed E-state index contributed by atoms with van der Waals surface area (Å²) in [5.41, 5.74) is 1.37. The lowest BCUT2D eigenvalue weighted by atomic mass is 10.1. The van der Waals surface area contributed by atoms with Gasteiger partial charge in [-0.05, 0) is 19.1 Å². The van der Waals surface area contributed by atoms with E-state index in [0.29, 0.717) is 17.3 Å². The molecule has 0 aliphatic carbocycles. The van der Waals surface area contributed by atoms with Crippen LogP contribution < -0.4 is 10.2 Å². The van der Waals surface area contributed by atoms with Crippen LogP contribution in [0.4, 0.5) is 11.5 Å². The topological polar surface area (TPSA) is 88.3 Å². The molecule has 4 rings (SSSR count). The number of carbonyl (C=O) groups excluding carboxylic acids is 2. The third kappa shape index (κ3) is 2.84. The number of hydrogen-bond donors (Lipinski definition) is 1. The first-order valence-electron chi connectivity index (χ1n) is 8.00. The van der Waals surface area contributed by atoms with Crippen molar-refractivity contribution in [2.45, 2.75) is 13.3 Å². The zero-order chi connectivity index (χ0) is 17.4. The normalized spacial score (nSPS) is 17.2. The van der Waals surface area contributed by atoms with Crippen LogP contribution in [-0.4, -0.2) is 28.5 Å². The minimum atomic E-state index is -0.441. The molecule has 2 amide bonds. The molecule has 25 heavy (non-hydrogen) atoms. The van der Waals surface area contributed by atoms with Gasteiger partial charge in [0.1, 0.15) is 5.76 Å². The molecule has 0 spiro atoms. The highest BCUT2D eigenvalue weighted by Crippen LogP contribution is 2.27. The molecule has 0 radical (unpaired) electrons. The minimum Gasteiger partial charge on any atom is -0.360 e. The fourth-order valence-electron chi connectivity index (χ4n) is 3.02. The summed E-state index contributed by atoms with van der Waals surface area (Å²) in [6.45, 7) is 2.05. The predicted molar refractivity (Wildman–Crippen MR) is 92.1 cm³/mol. The molecule has 1 fully saturated rings. The van der Waals surface area contributed by atoms with E-state index >= 15 is 0 Å². The smallest absolute Gasteiger partial charge is 0.229 e. The lowest BCUT2D eigenvalue weighted by molar-refractivity contribution is -0.122. The number of aromatic nitrogens is 2. The second-order valence-corrected chi connectivity index (χ2v) is 6.07. The Hall–Kier alpha value is -3.22.